The standard InChI is InChI=1S/C14H21NO4/c16-13(15-8-4-2-1-3-5-8)11-9-6-7-10(19-9)12(11)14(17)18/h8-12H,1-7H2,(H,15,16)(H,17,18)/p-1. The first-order valence-corrected chi connectivity index (χ1v) is 7.33. The highest BCUT2D eigenvalue weighted by Crippen LogP contribution is 2.43. The number of carbonyl (C=O) groups is 2. The van der Waals surface area contributed by atoms with Gasteiger partial charge in [-0.3, -0.25) is 4.79 Å². The third kappa shape index (κ3) is 2.36. The van der Waals surface area contributed by atoms with E-state index in [0.29, 0.717) is 0 Å². The fourth-order valence-electron chi connectivity index (χ4n) is 3.85. The Kier molecular flexibility index (Phi) is 3.48. The lowest BCUT2D eigenvalue weighted by molar-refractivity contribution is -0.314. The zero-order chi connectivity index (χ0) is 13.4. The van der Waals surface area contributed by atoms with E-state index in [1.165, 1.54) is 6.42 Å². The van der Waals surface area contributed by atoms with Crippen molar-refractivity contribution in [1.29, 1.82) is 0 Å². The van der Waals surface area contributed by atoms with Gasteiger partial charge in [0.2, 0.25) is 5.91 Å². The molecule has 3 fully saturated rings. The van der Waals surface area contributed by atoms with Gasteiger partial charge in [0.15, 0.2) is 0 Å². The van der Waals surface area contributed by atoms with E-state index in [0.717, 1.165) is 38.5 Å². The average Bonchev–Trinajstić information content (AvgIpc) is 2.99. The Balaban J connectivity index is 1.66. The van der Waals surface area contributed by atoms with Crippen molar-refractivity contribution in [2.45, 2.75) is 63.2 Å². The monoisotopic (exact) mass is 266 g/mol. The third-order valence-corrected chi connectivity index (χ3v) is 4.80. The van der Waals surface area contributed by atoms with Crippen LogP contribution in [0.15, 0.2) is 0 Å². The van der Waals surface area contributed by atoms with Crippen LogP contribution in [0.4, 0.5) is 0 Å². The van der Waals surface area contributed by atoms with E-state index >= 15 is 0 Å². The van der Waals surface area contributed by atoms with Crippen molar-refractivity contribution >= 4 is 11.9 Å². The van der Waals surface area contributed by atoms with Crippen LogP contribution in [0.3, 0.4) is 0 Å². The molecule has 106 valence electrons. The van der Waals surface area contributed by atoms with Crippen molar-refractivity contribution in [2.75, 3.05) is 0 Å². The summed E-state index contributed by atoms with van der Waals surface area (Å²) in [7, 11) is 0. The highest BCUT2D eigenvalue weighted by atomic mass is 16.5. The number of hydrogen-bond donors (Lipinski definition) is 1. The minimum Gasteiger partial charge on any atom is -0.550 e. The molecule has 0 spiro atoms. The number of carboxylic acid groups (broad SMARTS) is 1. The van der Waals surface area contributed by atoms with Crippen LogP contribution < -0.4 is 10.4 Å². The van der Waals surface area contributed by atoms with E-state index in [1.54, 1.807) is 0 Å². The van der Waals surface area contributed by atoms with Gasteiger partial charge in [-0.2, -0.15) is 0 Å². The number of aliphatic carboxylic acids is 1. The summed E-state index contributed by atoms with van der Waals surface area (Å²) < 4.78 is 5.59. The van der Waals surface area contributed by atoms with Crippen molar-refractivity contribution in [3.63, 3.8) is 0 Å². The maximum Gasteiger partial charge on any atom is 0.226 e. The molecule has 5 heteroatoms. The van der Waals surface area contributed by atoms with Crippen LogP contribution in [0.1, 0.15) is 44.9 Å². The number of amides is 1. The molecule has 0 aromatic rings. The van der Waals surface area contributed by atoms with Gasteiger partial charge in [-0.15, -0.1) is 0 Å². The molecule has 2 bridgehead atoms. The Morgan fingerprint density at radius 1 is 0.947 bits per heavy atom. The molecule has 0 aromatic heterocycles. The SMILES string of the molecule is O=C([O-])C1C2CCC(O2)C1C(=O)NC1CCCCC1. The largest absolute Gasteiger partial charge is 0.550 e. The fraction of sp³-hybridized carbons (Fsp3) is 0.857. The Morgan fingerprint density at radius 3 is 2.21 bits per heavy atom. The van der Waals surface area contributed by atoms with Gasteiger partial charge in [0.25, 0.3) is 0 Å². The lowest BCUT2D eigenvalue weighted by Gasteiger charge is -2.30. The number of carboxylic acids is 1. The lowest BCUT2D eigenvalue weighted by Crippen LogP contribution is -2.50. The molecule has 1 aliphatic carbocycles. The van der Waals surface area contributed by atoms with Gasteiger partial charge in [0.05, 0.1) is 18.1 Å². The summed E-state index contributed by atoms with van der Waals surface area (Å²) in [6, 6.07) is 0.211. The molecule has 0 radical (unpaired) electrons. The summed E-state index contributed by atoms with van der Waals surface area (Å²) >= 11 is 0. The van der Waals surface area contributed by atoms with Crippen molar-refractivity contribution in [2.24, 2.45) is 11.8 Å². The molecule has 0 aromatic carbocycles. The van der Waals surface area contributed by atoms with E-state index in [2.05, 4.69) is 5.32 Å². The first-order valence-electron chi connectivity index (χ1n) is 7.33. The van der Waals surface area contributed by atoms with E-state index in [-0.39, 0.29) is 24.2 Å². The number of fused-ring (bicyclic) bond motifs is 2. The Bertz CT molecular complexity index is 378. The van der Waals surface area contributed by atoms with Gasteiger partial charge in [0.1, 0.15) is 0 Å². The van der Waals surface area contributed by atoms with Crippen LogP contribution in [-0.4, -0.2) is 30.1 Å². The second-order valence-corrected chi connectivity index (χ2v) is 6.00. The fourth-order valence-corrected chi connectivity index (χ4v) is 3.85. The first kappa shape index (κ1) is 12.9. The summed E-state index contributed by atoms with van der Waals surface area (Å²) in [5, 5.41) is 14.2. The molecule has 3 rings (SSSR count). The molecule has 1 saturated carbocycles. The molecule has 5 nitrogen and oxygen atoms in total. The number of rotatable bonds is 3. The highest BCUT2D eigenvalue weighted by Gasteiger charge is 2.52. The van der Waals surface area contributed by atoms with Crippen LogP contribution in [0.2, 0.25) is 0 Å². The third-order valence-electron chi connectivity index (χ3n) is 4.80. The minimum atomic E-state index is -1.14. The molecular formula is C14H20NO4-. The molecular weight excluding hydrogens is 246 g/mol. The quantitative estimate of drug-likeness (QED) is 0.778. The maximum absolute atomic E-state index is 12.3. The zero-order valence-electron chi connectivity index (χ0n) is 11.0. The summed E-state index contributed by atoms with van der Waals surface area (Å²) in [6.45, 7) is 0. The van der Waals surface area contributed by atoms with E-state index in [1.807, 2.05) is 0 Å². The zero-order valence-corrected chi connectivity index (χ0v) is 11.0. The minimum absolute atomic E-state index is 0.145. The van der Waals surface area contributed by atoms with Gasteiger partial charge in [-0.25, -0.2) is 0 Å². The van der Waals surface area contributed by atoms with Gasteiger partial charge in [-0.1, -0.05) is 19.3 Å². The topological polar surface area (TPSA) is 78.5 Å². The molecule has 3 aliphatic rings. The van der Waals surface area contributed by atoms with Crippen molar-refractivity contribution < 1.29 is 19.4 Å². The first-order chi connectivity index (χ1) is 9.16. The van der Waals surface area contributed by atoms with Crippen LogP contribution in [0.5, 0.6) is 0 Å². The molecule has 1 N–H and O–H groups in total. The van der Waals surface area contributed by atoms with Crippen molar-refractivity contribution in [1.82, 2.24) is 5.32 Å². The average molecular weight is 266 g/mol. The second kappa shape index (κ2) is 5.12. The van der Waals surface area contributed by atoms with E-state index in [4.69, 9.17) is 4.74 Å². The predicted molar refractivity (Wildman–Crippen MR) is 64.9 cm³/mol. The summed E-state index contributed by atoms with van der Waals surface area (Å²) in [6.07, 6.45) is 6.49. The predicted octanol–water partition coefficient (Wildman–Crippen LogP) is -0.0212. The summed E-state index contributed by atoms with van der Waals surface area (Å²) in [5.74, 6) is -2.60. The number of carbonyl (C=O) groups excluding carboxylic acids is 2. The molecule has 2 aliphatic heterocycles. The number of ether oxygens (including phenoxy) is 1. The van der Waals surface area contributed by atoms with Gasteiger partial charge in [-0.05, 0) is 25.7 Å². The molecule has 2 heterocycles. The van der Waals surface area contributed by atoms with Crippen LogP contribution in [0, 0.1) is 11.8 Å². The maximum atomic E-state index is 12.3. The molecule has 2 saturated heterocycles. The Labute approximate surface area is 112 Å². The second-order valence-electron chi connectivity index (χ2n) is 6.00. The molecule has 1 amide bonds. The molecule has 4 atom stereocenters. The highest BCUT2D eigenvalue weighted by molar-refractivity contribution is 5.86. The van der Waals surface area contributed by atoms with Crippen molar-refractivity contribution in [3.8, 4) is 0 Å². The smallest absolute Gasteiger partial charge is 0.226 e. The Morgan fingerprint density at radius 2 is 1.58 bits per heavy atom. The number of hydrogen-bond acceptors (Lipinski definition) is 4. The molecule has 4 unspecified atom stereocenters. The Hall–Kier alpha value is -1.10. The van der Waals surface area contributed by atoms with Crippen molar-refractivity contribution in [3.05, 3.63) is 0 Å². The molecule has 19 heavy (non-hydrogen) atoms. The van der Waals surface area contributed by atoms with Gasteiger partial charge >= 0.3 is 0 Å². The van der Waals surface area contributed by atoms with E-state index < -0.39 is 17.8 Å². The normalized spacial score (nSPS) is 38.3. The van der Waals surface area contributed by atoms with Gasteiger partial charge < -0.3 is 20.0 Å². The summed E-state index contributed by atoms with van der Waals surface area (Å²) in [4.78, 5) is 23.6. The van der Waals surface area contributed by atoms with Crippen LogP contribution in [0.25, 0.3) is 0 Å². The van der Waals surface area contributed by atoms with Crippen LogP contribution >= 0.6 is 0 Å². The van der Waals surface area contributed by atoms with E-state index in [9.17, 15) is 14.7 Å². The van der Waals surface area contributed by atoms with Gasteiger partial charge in [0, 0.05) is 17.9 Å². The number of nitrogens with one attached hydrogen (secondary N) is 1. The summed E-state index contributed by atoms with van der Waals surface area (Å²) in [5.41, 5.74) is 0. The van der Waals surface area contributed by atoms with Crippen LogP contribution in [-0.2, 0) is 14.3 Å². The lowest BCUT2D eigenvalue weighted by atomic mass is 9.78.